The molecule has 2 aliphatic rings. The molecule has 0 aromatic heterocycles. The van der Waals surface area contributed by atoms with Gasteiger partial charge >= 0.3 is 41.6 Å². The van der Waals surface area contributed by atoms with E-state index in [1.165, 1.54) is 23.0 Å². The molecule has 0 radical (unpaired) electrons. The number of hydrogen-bond acceptors (Lipinski definition) is 0. The van der Waals surface area contributed by atoms with Crippen molar-refractivity contribution in [3.63, 3.8) is 0 Å². The Hall–Kier alpha value is 1.01. The van der Waals surface area contributed by atoms with Gasteiger partial charge in [-0.3, -0.25) is 12.2 Å². The van der Waals surface area contributed by atoms with E-state index in [1.807, 2.05) is 24.3 Å². The Morgan fingerprint density at radius 3 is 1.31 bits per heavy atom. The zero-order chi connectivity index (χ0) is 10.6. The summed E-state index contributed by atoms with van der Waals surface area (Å²) >= 11 is 1.45. The first-order chi connectivity index (χ1) is 6.73. The summed E-state index contributed by atoms with van der Waals surface area (Å²) in [5.41, 5.74) is 0.259. The fraction of sp³-hybridized carbons (Fsp3) is 0.333. The molecule has 16 heavy (non-hydrogen) atoms. The number of allylic oxidation sites excluding steroid dienone is 8. The van der Waals surface area contributed by atoms with E-state index < -0.39 is 0 Å². The molecule has 0 saturated heterocycles. The summed E-state index contributed by atoms with van der Waals surface area (Å²) < 4.78 is 0. The maximum atomic E-state index is 2.99. The van der Waals surface area contributed by atoms with E-state index in [1.54, 1.807) is 0 Å². The molecule has 0 aromatic carbocycles. The molecule has 0 unspecified atom stereocenters. The summed E-state index contributed by atoms with van der Waals surface area (Å²) in [6, 6.07) is 0. The van der Waals surface area contributed by atoms with Crippen molar-refractivity contribution in [2.24, 2.45) is 0 Å². The molecule has 0 atom stereocenters. The topological polar surface area (TPSA) is 0 Å². The average Bonchev–Trinajstić information content (AvgIpc) is 2.83. The maximum absolute atomic E-state index is 2.99. The predicted octanol–water partition coefficient (Wildman–Crippen LogP) is -2.60. The smallest absolute Gasteiger partial charge is 0.109 e. The second-order valence-corrected chi connectivity index (χ2v) is 15.8. The van der Waals surface area contributed by atoms with Crippen molar-refractivity contribution in [1.82, 2.24) is 0 Å². The van der Waals surface area contributed by atoms with E-state index >= 15 is 0 Å². The van der Waals surface area contributed by atoms with Crippen molar-refractivity contribution in [3.05, 3.63) is 48.6 Å². The van der Waals surface area contributed by atoms with Crippen LogP contribution in [0.2, 0.25) is 13.1 Å². The Balaban J connectivity index is -0.000000151. The third kappa shape index (κ3) is 24.3. The van der Waals surface area contributed by atoms with Crippen molar-refractivity contribution >= 4 is 5.49 Å². The van der Waals surface area contributed by atoms with Crippen LogP contribution in [0.3, 0.4) is 0 Å². The van der Waals surface area contributed by atoms with Crippen LogP contribution in [0.4, 0.5) is 0 Å². The van der Waals surface area contributed by atoms with Crippen molar-refractivity contribution in [1.29, 1.82) is 0 Å². The molecule has 4 heteroatoms. The van der Waals surface area contributed by atoms with E-state index in [2.05, 4.69) is 37.4 Å². The molecule has 0 saturated carbocycles. The van der Waals surface area contributed by atoms with Crippen LogP contribution in [-0.2, 0) is 23.0 Å². The van der Waals surface area contributed by atoms with Gasteiger partial charge < -0.3 is 34.0 Å². The second-order valence-electron chi connectivity index (χ2n) is 3.01. The molecule has 2 aliphatic carbocycles. The Morgan fingerprint density at radius 2 is 1.25 bits per heavy atom. The van der Waals surface area contributed by atoms with E-state index in [9.17, 15) is 0 Å². The summed E-state index contributed by atoms with van der Waals surface area (Å²) in [4.78, 5) is 0. The summed E-state index contributed by atoms with van der Waals surface area (Å²) in [6.45, 7) is 4.66. The van der Waals surface area contributed by atoms with Gasteiger partial charge in [-0.05, 0) is 0 Å². The third-order valence-corrected chi connectivity index (χ3v) is 1.17. The van der Waals surface area contributed by atoms with Gasteiger partial charge in [0.15, 0.2) is 0 Å². The minimum atomic E-state index is 0. The van der Waals surface area contributed by atoms with Crippen molar-refractivity contribution < 1.29 is 57.0 Å². The third-order valence-electron chi connectivity index (χ3n) is 1.17. The molecule has 0 heterocycles. The van der Waals surface area contributed by atoms with Crippen molar-refractivity contribution in [3.8, 4) is 0 Å². The normalized spacial score (nSPS) is 12.8. The molecule has 88 valence electrons. The van der Waals surface area contributed by atoms with Gasteiger partial charge in [0.2, 0.25) is 0 Å². The Morgan fingerprint density at radius 1 is 0.938 bits per heavy atom. The van der Waals surface area contributed by atoms with Crippen LogP contribution in [0.25, 0.3) is 0 Å². The van der Waals surface area contributed by atoms with Crippen LogP contribution in [0.5, 0.6) is 0 Å². The summed E-state index contributed by atoms with van der Waals surface area (Å²) in [5, 5.41) is 0. The number of rotatable bonds is 0. The number of halogens is 2. The molecular formula is C12H16Br2HfSi-2. The second kappa shape index (κ2) is 18.4. The molecule has 0 aliphatic heterocycles. The van der Waals surface area contributed by atoms with Gasteiger partial charge in [-0.15, -0.1) is 12.8 Å². The van der Waals surface area contributed by atoms with Gasteiger partial charge in [0.25, 0.3) is 0 Å². The van der Waals surface area contributed by atoms with Gasteiger partial charge in [-0.1, -0.05) is 0 Å². The Bertz CT molecular complexity index is 222. The van der Waals surface area contributed by atoms with Gasteiger partial charge in [0.05, 0.1) is 0 Å². The molecular weight excluding hydrogens is 511 g/mol. The van der Waals surface area contributed by atoms with E-state index in [0.717, 1.165) is 12.8 Å². The maximum Gasteiger partial charge on any atom is -0.109 e. The fourth-order valence-electron chi connectivity index (χ4n) is 0.680. The van der Waals surface area contributed by atoms with Crippen LogP contribution in [0.1, 0.15) is 12.8 Å². The zero-order valence-electron chi connectivity index (χ0n) is 9.63. The van der Waals surface area contributed by atoms with Crippen LogP contribution in [-0.4, -0.2) is 5.49 Å². The molecule has 0 fully saturated rings. The summed E-state index contributed by atoms with van der Waals surface area (Å²) in [7, 11) is 0. The van der Waals surface area contributed by atoms with Gasteiger partial charge in [0, 0.05) is 0 Å². The van der Waals surface area contributed by atoms with Gasteiger partial charge in [-0.2, -0.15) is 12.2 Å². The molecule has 2 rings (SSSR count). The van der Waals surface area contributed by atoms with Gasteiger partial charge in [-0.25, -0.2) is 24.3 Å². The van der Waals surface area contributed by atoms with Crippen LogP contribution < -0.4 is 34.0 Å². The predicted molar refractivity (Wildman–Crippen MR) is 60.6 cm³/mol. The van der Waals surface area contributed by atoms with Gasteiger partial charge in [0.1, 0.15) is 0 Å². The van der Waals surface area contributed by atoms with Crippen LogP contribution in [0.15, 0.2) is 36.5 Å². The van der Waals surface area contributed by atoms with Crippen molar-refractivity contribution in [2.45, 2.75) is 25.9 Å². The average molecular weight is 527 g/mol. The minimum Gasteiger partial charge on any atom is -1.00 e. The molecule has 0 amide bonds. The Kier molecular flexibility index (Phi) is 25.5. The summed E-state index contributed by atoms with van der Waals surface area (Å²) in [5.74, 6) is 0. The van der Waals surface area contributed by atoms with Crippen LogP contribution in [0, 0.1) is 12.2 Å². The van der Waals surface area contributed by atoms with E-state index in [4.69, 9.17) is 0 Å². The quantitative estimate of drug-likeness (QED) is 0.240. The van der Waals surface area contributed by atoms with E-state index in [0.29, 0.717) is 0 Å². The van der Waals surface area contributed by atoms with E-state index in [-0.39, 0.29) is 39.5 Å². The first-order valence-corrected chi connectivity index (χ1v) is 12.6. The molecule has 0 spiro atoms. The van der Waals surface area contributed by atoms with Crippen LogP contribution >= 0.6 is 0 Å². The molecule has 0 aromatic rings. The van der Waals surface area contributed by atoms with Crippen molar-refractivity contribution in [2.75, 3.05) is 0 Å². The standard InChI is InChI=1S/2C5H5.C2H6Si.2BrH.Hf/c2*1-2-4-5-3-1;1-3-2;;;/h2*1-3H,4H2;1-2H3;2*1H;/q2*-1;;;;+2/p-2. The first kappa shape index (κ1) is 22.2. The first-order valence-electron chi connectivity index (χ1n) is 4.68. The zero-order valence-corrected chi connectivity index (χ0v) is 17.4. The summed E-state index contributed by atoms with van der Waals surface area (Å²) in [6.07, 6.45) is 20.0. The number of hydrogen-bond donors (Lipinski definition) is 0. The monoisotopic (exact) mass is 526 g/mol. The largest absolute Gasteiger partial charge is 1.00 e. The SMILES string of the molecule is C[Si](C)=[Hf+2].[Br-].[Br-].[C-]1=CC=CC1.[C-]1=CC=CC1. The fourth-order valence-corrected chi connectivity index (χ4v) is 0.680. The molecule has 0 nitrogen and oxygen atoms in total. The Labute approximate surface area is 136 Å². The minimum absolute atomic E-state index is 0. The molecule has 0 N–H and O–H groups in total. The molecule has 0 bridgehead atoms.